The van der Waals surface area contributed by atoms with Crippen molar-refractivity contribution in [2.75, 3.05) is 7.11 Å². The number of carbonyl (C=O) groups is 1. The number of ether oxygens (including phenoxy) is 1. The minimum Gasteiger partial charge on any atom is -0.363 e. The van der Waals surface area contributed by atoms with Crippen molar-refractivity contribution in [2.45, 2.75) is 47.1 Å². The van der Waals surface area contributed by atoms with E-state index in [9.17, 15) is 4.79 Å². The summed E-state index contributed by atoms with van der Waals surface area (Å²) in [6.07, 6.45) is 5.02. The molecule has 0 heterocycles. The maximum absolute atomic E-state index is 11.6. The smallest absolute Gasteiger partial charge is 0.160 e. The van der Waals surface area contributed by atoms with E-state index >= 15 is 0 Å². The van der Waals surface area contributed by atoms with Crippen molar-refractivity contribution < 1.29 is 9.53 Å². The molecule has 4 atom stereocenters. The van der Waals surface area contributed by atoms with Gasteiger partial charge in [0.2, 0.25) is 0 Å². The molecular formula is C18H28O2. The second kappa shape index (κ2) is 4.84. The number of aldehydes is 1. The van der Waals surface area contributed by atoms with E-state index in [1.807, 2.05) is 6.08 Å². The third kappa shape index (κ3) is 2.00. The molecule has 0 spiro atoms. The molecule has 0 aromatic rings. The van der Waals surface area contributed by atoms with E-state index in [0.717, 1.165) is 6.29 Å². The average molecular weight is 276 g/mol. The highest BCUT2D eigenvalue weighted by Crippen LogP contribution is 2.60. The summed E-state index contributed by atoms with van der Waals surface area (Å²) in [5.41, 5.74) is 2.05. The molecule has 0 aromatic carbocycles. The molecule has 0 amide bonds. The predicted octanol–water partition coefficient (Wildman–Crippen LogP) is 4.02. The molecule has 2 heteroatoms. The summed E-state index contributed by atoms with van der Waals surface area (Å²) in [6.45, 7) is 13.8. The summed E-state index contributed by atoms with van der Waals surface area (Å²) in [4.78, 5) is 11.6. The lowest BCUT2D eigenvalue weighted by molar-refractivity contribution is -0.119. The zero-order valence-electron chi connectivity index (χ0n) is 13.9. The van der Waals surface area contributed by atoms with Crippen LogP contribution in [0.2, 0.25) is 0 Å². The minimum absolute atomic E-state index is 0.226. The highest BCUT2D eigenvalue weighted by molar-refractivity contribution is 5.72. The number of methoxy groups -OCH3 is 1. The first kappa shape index (κ1) is 15.5. The SMILES string of the molecule is COC1(C=O)C=C(C)C2C(=C1)C(C(C)C)C(C)C2(C)C. The topological polar surface area (TPSA) is 26.3 Å². The van der Waals surface area contributed by atoms with Crippen LogP contribution in [-0.2, 0) is 9.53 Å². The standard InChI is InChI=1S/C18H28O2/c1-11(2)15-13(4)17(5,6)16-12(3)8-18(10-19,20-7)9-14(15)16/h8-11,13,15-16H,1-7H3. The lowest BCUT2D eigenvalue weighted by atomic mass is 9.70. The molecule has 0 aromatic heterocycles. The van der Waals surface area contributed by atoms with Crippen LogP contribution in [0.1, 0.15) is 41.5 Å². The molecule has 0 saturated heterocycles. The van der Waals surface area contributed by atoms with Gasteiger partial charge in [-0.15, -0.1) is 0 Å². The normalized spacial score (nSPS) is 39.3. The van der Waals surface area contributed by atoms with E-state index in [1.54, 1.807) is 7.11 Å². The highest BCUT2D eigenvalue weighted by atomic mass is 16.5. The maximum Gasteiger partial charge on any atom is 0.160 e. The van der Waals surface area contributed by atoms with Crippen LogP contribution in [0.5, 0.6) is 0 Å². The van der Waals surface area contributed by atoms with Crippen molar-refractivity contribution in [2.24, 2.45) is 29.1 Å². The zero-order chi connectivity index (χ0) is 15.3. The molecule has 0 aliphatic heterocycles. The maximum atomic E-state index is 11.6. The first-order chi connectivity index (χ1) is 9.20. The largest absolute Gasteiger partial charge is 0.363 e. The molecule has 2 rings (SSSR count). The summed E-state index contributed by atoms with van der Waals surface area (Å²) in [6, 6.07) is 0. The Balaban J connectivity index is 2.61. The van der Waals surface area contributed by atoms with E-state index in [0.29, 0.717) is 23.7 Å². The average Bonchev–Trinajstić information content (AvgIpc) is 2.56. The summed E-state index contributed by atoms with van der Waals surface area (Å²) in [5, 5.41) is 0. The molecule has 0 bridgehead atoms. The quantitative estimate of drug-likeness (QED) is 0.575. The highest BCUT2D eigenvalue weighted by Gasteiger charge is 2.53. The summed E-state index contributed by atoms with van der Waals surface area (Å²) < 4.78 is 5.52. The molecule has 112 valence electrons. The van der Waals surface area contributed by atoms with Gasteiger partial charge < -0.3 is 4.74 Å². The Kier molecular flexibility index (Phi) is 3.75. The Morgan fingerprint density at radius 1 is 1.30 bits per heavy atom. The molecule has 2 aliphatic rings. The van der Waals surface area contributed by atoms with E-state index < -0.39 is 5.60 Å². The molecule has 1 saturated carbocycles. The van der Waals surface area contributed by atoms with E-state index in [1.165, 1.54) is 11.1 Å². The van der Waals surface area contributed by atoms with Gasteiger partial charge in [-0.2, -0.15) is 0 Å². The van der Waals surface area contributed by atoms with Crippen LogP contribution in [0.25, 0.3) is 0 Å². The summed E-state index contributed by atoms with van der Waals surface area (Å²) in [7, 11) is 1.61. The number of rotatable bonds is 3. The predicted molar refractivity (Wildman–Crippen MR) is 82.4 cm³/mol. The van der Waals surface area contributed by atoms with Crippen molar-refractivity contribution in [3.63, 3.8) is 0 Å². The van der Waals surface area contributed by atoms with Crippen LogP contribution in [0, 0.1) is 29.1 Å². The van der Waals surface area contributed by atoms with Crippen LogP contribution >= 0.6 is 0 Å². The van der Waals surface area contributed by atoms with Gasteiger partial charge in [0.25, 0.3) is 0 Å². The van der Waals surface area contributed by atoms with Crippen molar-refractivity contribution in [3.8, 4) is 0 Å². The molecule has 1 fully saturated rings. The fraction of sp³-hybridized carbons (Fsp3) is 0.722. The lowest BCUT2D eigenvalue weighted by Crippen LogP contribution is -2.35. The monoisotopic (exact) mass is 276 g/mol. The number of allylic oxidation sites excluding steroid dienone is 2. The van der Waals surface area contributed by atoms with Gasteiger partial charge in [-0.1, -0.05) is 45.8 Å². The van der Waals surface area contributed by atoms with Gasteiger partial charge in [-0.25, -0.2) is 0 Å². The lowest BCUT2D eigenvalue weighted by Gasteiger charge is -2.36. The molecule has 0 radical (unpaired) electrons. The summed E-state index contributed by atoms with van der Waals surface area (Å²) >= 11 is 0. The van der Waals surface area contributed by atoms with Crippen molar-refractivity contribution in [3.05, 3.63) is 23.3 Å². The molecule has 2 aliphatic carbocycles. The van der Waals surface area contributed by atoms with Crippen LogP contribution in [0.4, 0.5) is 0 Å². The van der Waals surface area contributed by atoms with Crippen LogP contribution in [0.15, 0.2) is 23.3 Å². The number of carbonyl (C=O) groups excluding carboxylic acids is 1. The molecule has 20 heavy (non-hydrogen) atoms. The van der Waals surface area contributed by atoms with Gasteiger partial charge >= 0.3 is 0 Å². The first-order valence-electron chi connectivity index (χ1n) is 7.63. The van der Waals surface area contributed by atoms with Gasteiger partial charge in [-0.3, -0.25) is 4.79 Å². The van der Waals surface area contributed by atoms with Gasteiger partial charge in [0.05, 0.1) is 0 Å². The van der Waals surface area contributed by atoms with Crippen molar-refractivity contribution in [1.29, 1.82) is 0 Å². The third-order valence-corrected chi connectivity index (χ3v) is 5.73. The Morgan fingerprint density at radius 2 is 1.90 bits per heavy atom. The first-order valence-corrected chi connectivity index (χ1v) is 7.63. The van der Waals surface area contributed by atoms with E-state index in [4.69, 9.17) is 4.74 Å². The number of fused-ring (bicyclic) bond motifs is 1. The fourth-order valence-corrected chi connectivity index (χ4v) is 4.60. The van der Waals surface area contributed by atoms with Gasteiger partial charge in [0, 0.05) is 13.0 Å². The summed E-state index contributed by atoms with van der Waals surface area (Å²) in [5.74, 6) is 2.13. The molecule has 2 nitrogen and oxygen atoms in total. The van der Waals surface area contributed by atoms with E-state index in [-0.39, 0.29) is 5.41 Å². The number of hydrogen-bond acceptors (Lipinski definition) is 2. The molecule has 0 N–H and O–H groups in total. The zero-order valence-corrected chi connectivity index (χ0v) is 13.9. The Labute approximate surface area is 123 Å². The van der Waals surface area contributed by atoms with Crippen LogP contribution < -0.4 is 0 Å². The van der Waals surface area contributed by atoms with Gasteiger partial charge in [-0.05, 0) is 42.2 Å². The number of hydrogen-bond donors (Lipinski definition) is 0. The Bertz CT molecular complexity index is 470. The molecule has 4 unspecified atom stereocenters. The van der Waals surface area contributed by atoms with Crippen LogP contribution in [0.3, 0.4) is 0 Å². The van der Waals surface area contributed by atoms with Crippen molar-refractivity contribution in [1.82, 2.24) is 0 Å². The second-order valence-corrected chi connectivity index (χ2v) is 7.52. The van der Waals surface area contributed by atoms with Gasteiger partial charge in [0.1, 0.15) is 0 Å². The second-order valence-electron chi connectivity index (χ2n) is 7.52. The Morgan fingerprint density at radius 3 is 2.35 bits per heavy atom. The van der Waals surface area contributed by atoms with E-state index in [2.05, 4.69) is 47.6 Å². The third-order valence-electron chi connectivity index (χ3n) is 5.73. The minimum atomic E-state index is -0.858. The van der Waals surface area contributed by atoms with Crippen LogP contribution in [-0.4, -0.2) is 19.0 Å². The molecular weight excluding hydrogens is 248 g/mol. The Hall–Kier alpha value is -0.890. The van der Waals surface area contributed by atoms with Crippen molar-refractivity contribution >= 4 is 6.29 Å². The fourth-order valence-electron chi connectivity index (χ4n) is 4.60. The van der Waals surface area contributed by atoms with Gasteiger partial charge in [0.15, 0.2) is 11.9 Å².